The molecule has 1 fully saturated rings. The molecule has 5 nitrogen and oxygen atoms in total. The van der Waals surface area contributed by atoms with Crippen molar-refractivity contribution in [2.24, 2.45) is 0 Å². The van der Waals surface area contributed by atoms with Crippen LogP contribution in [-0.4, -0.2) is 34.3 Å². The maximum absolute atomic E-state index is 12.4. The minimum absolute atomic E-state index is 0.0751. The topological polar surface area (TPSA) is 62.3 Å². The van der Waals surface area contributed by atoms with Crippen LogP contribution >= 0.6 is 0 Å². The Balaban J connectivity index is 1.39. The molecule has 2 aromatic carbocycles. The highest BCUT2D eigenvalue weighted by atomic mass is 16.2. The smallest absolute Gasteiger partial charge is 0.226 e. The monoisotopic (exact) mass is 359 g/mol. The molecular formula is C22H21N3O2. The molecule has 0 saturated carbocycles. The van der Waals surface area contributed by atoms with Gasteiger partial charge in [-0.2, -0.15) is 0 Å². The molecule has 1 aliphatic rings. The number of nitrogens with one attached hydrogen (secondary N) is 1. The Labute approximate surface area is 158 Å². The first-order chi connectivity index (χ1) is 13.2. The van der Waals surface area contributed by atoms with E-state index in [-0.39, 0.29) is 24.3 Å². The number of hydrogen-bond acceptors (Lipinski definition) is 3. The highest BCUT2D eigenvalue weighted by Gasteiger charge is 2.30. The molecule has 4 rings (SSSR count). The highest BCUT2D eigenvalue weighted by Crippen LogP contribution is 2.22. The molecule has 1 aromatic heterocycles. The SMILES string of the molecule is O=C(Cc1ccccn1)N[C@H]1CC(=O)N(Cc2cccc3ccccc23)C1. The zero-order valence-electron chi connectivity index (χ0n) is 15.0. The molecule has 2 heterocycles. The summed E-state index contributed by atoms with van der Waals surface area (Å²) in [7, 11) is 0. The molecule has 0 spiro atoms. The van der Waals surface area contributed by atoms with E-state index in [0.29, 0.717) is 19.5 Å². The van der Waals surface area contributed by atoms with Gasteiger partial charge in [0.1, 0.15) is 0 Å². The number of nitrogens with zero attached hydrogens (tertiary/aromatic N) is 2. The van der Waals surface area contributed by atoms with Crippen molar-refractivity contribution in [3.63, 3.8) is 0 Å². The predicted molar refractivity (Wildman–Crippen MR) is 104 cm³/mol. The fraction of sp³-hybridized carbons (Fsp3) is 0.227. The molecule has 2 amide bonds. The Morgan fingerprint density at radius 3 is 2.74 bits per heavy atom. The van der Waals surface area contributed by atoms with Gasteiger partial charge in [-0.3, -0.25) is 14.6 Å². The summed E-state index contributed by atoms with van der Waals surface area (Å²) in [5.41, 5.74) is 1.86. The van der Waals surface area contributed by atoms with Gasteiger partial charge in [0.05, 0.1) is 12.5 Å². The van der Waals surface area contributed by atoms with Gasteiger partial charge in [-0.15, -0.1) is 0 Å². The molecule has 1 atom stereocenters. The van der Waals surface area contributed by atoms with Gasteiger partial charge in [-0.25, -0.2) is 0 Å². The van der Waals surface area contributed by atoms with Crippen LogP contribution < -0.4 is 5.32 Å². The van der Waals surface area contributed by atoms with Crippen LogP contribution in [0.2, 0.25) is 0 Å². The van der Waals surface area contributed by atoms with Crippen molar-refractivity contribution in [2.45, 2.75) is 25.4 Å². The summed E-state index contributed by atoms with van der Waals surface area (Å²) in [6.45, 7) is 1.10. The van der Waals surface area contributed by atoms with Gasteiger partial charge in [-0.1, -0.05) is 48.5 Å². The zero-order chi connectivity index (χ0) is 18.6. The van der Waals surface area contributed by atoms with Gasteiger partial charge in [0.15, 0.2) is 0 Å². The molecule has 0 aliphatic carbocycles. The molecule has 136 valence electrons. The van der Waals surface area contributed by atoms with Crippen molar-refractivity contribution in [1.82, 2.24) is 15.2 Å². The van der Waals surface area contributed by atoms with Gasteiger partial charge in [0.25, 0.3) is 0 Å². The molecule has 27 heavy (non-hydrogen) atoms. The quantitative estimate of drug-likeness (QED) is 0.762. The Morgan fingerprint density at radius 1 is 1.07 bits per heavy atom. The maximum Gasteiger partial charge on any atom is 0.226 e. The lowest BCUT2D eigenvalue weighted by atomic mass is 10.0. The first-order valence-corrected chi connectivity index (χ1v) is 9.13. The van der Waals surface area contributed by atoms with Crippen LogP contribution in [0.25, 0.3) is 10.8 Å². The Kier molecular flexibility index (Phi) is 4.83. The molecule has 3 aromatic rings. The van der Waals surface area contributed by atoms with E-state index in [1.54, 1.807) is 6.20 Å². The number of benzene rings is 2. The average molecular weight is 359 g/mol. The normalized spacial score (nSPS) is 16.7. The second kappa shape index (κ2) is 7.58. The van der Waals surface area contributed by atoms with Gasteiger partial charge < -0.3 is 10.2 Å². The van der Waals surface area contributed by atoms with Gasteiger partial charge in [0.2, 0.25) is 11.8 Å². The van der Waals surface area contributed by atoms with Crippen molar-refractivity contribution in [2.75, 3.05) is 6.54 Å². The Bertz CT molecular complexity index is 966. The lowest BCUT2D eigenvalue weighted by Gasteiger charge is -2.18. The second-order valence-electron chi connectivity index (χ2n) is 6.88. The molecule has 1 aliphatic heterocycles. The number of carbonyl (C=O) groups is 2. The summed E-state index contributed by atoms with van der Waals surface area (Å²) in [5, 5.41) is 5.30. The van der Waals surface area contributed by atoms with Crippen LogP contribution in [-0.2, 0) is 22.6 Å². The maximum atomic E-state index is 12.4. The van der Waals surface area contributed by atoms with Gasteiger partial charge in [-0.05, 0) is 28.5 Å². The van der Waals surface area contributed by atoms with E-state index in [1.165, 1.54) is 5.39 Å². The number of amides is 2. The summed E-state index contributed by atoms with van der Waals surface area (Å²) in [6, 6.07) is 19.7. The lowest BCUT2D eigenvalue weighted by Crippen LogP contribution is -2.38. The van der Waals surface area contributed by atoms with Crippen LogP contribution in [0, 0.1) is 0 Å². The highest BCUT2D eigenvalue weighted by molar-refractivity contribution is 5.87. The van der Waals surface area contributed by atoms with Crippen molar-refractivity contribution >= 4 is 22.6 Å². The van der Waals surface area contributed by atoms with Crippen LogP contribution in [0.1, 0.15) is 17.7 Å². The number of fused-ring (bicyclic) bond motifs is 1. The lowest BCUT2D eigenvalue weighted by molar-refractivity contribution is -0.128. The van der Waals surface area contributed by atoms with Crippen molar-refractivity contribution in [3.05, 3.63) is 78.1 Å². The Morgan fingerprint density at radius 2 is 1.89 bits per heavy atom. The third kappa shape index (κ3) is 3.97. The number of likely N-dealkylation sites (tertiary alicyclic amines) is 1. The summed E-state index contributed by atoms with van der Waals surface area (Å²) >= 11 is 0. The van der Waals surface area contributed by atoms with Gasteiger partial charge in [0, 0.05) is 31.4 Å². The third-order valence-electron chi connectivity index (χ3n) is 4.89. The minimum atomic E-state index is -0.149. The fourth-order valence-corrected chi connectivity index (χ4v) is 3.60. The predicted octanol–water partition coefficient (Wildman–Crippen LogP) is 2.69. The van der Waals surface area contributed by atoms with Crippen LogP contribution in [0.3, 0.4) is 0 Å². The van der Waals surface area contributed by atoms with E-state index in [4.69, 9.17) is 0 Å². The summed E-state index contributed by atoms with van der Waals surface area (Å²) in [6.07, 6.45) is 2.25. The summed E-state index contributed by atoms with van der Waals surface area (Å²) in [4.78, 5) is 30.7. The van der Waals surface area contributed by atoms with E-state index in [9.17, 15) is 9.59 Å². The van der Waals surface area contributed by atoms with E-state index in [0.717, 1.165) is 16.6 Å². The van der Waals surface area contributed by atoms with E-state index < -0.39 is 0 Å². The molecule has 1 N–H and O–H groups in total. The number of rotatable bonds is 5. The third-order valence-corrected chi connectivity index (χ3v) is 4.89. The first kappa shape index (κ1) is 17.2. The molecule has 1 saturated heterocycles. The zero-order valence-corrected chi connectivity index (χ0v) is 15.0. The molecular weight excluding hydrogens is 338 g/mol. The number of hydrogen-bond donors (Lipinski definition) is 1. The number of carbonyl (C=O) groups excluding carboxylic acids is 2. The standard InChI is InChI=1S/C22H21N3O2/c26-21(12-18-9-3-4-11-23-18)24-19-13-22(27)25(15-19)14-17-8-5-7-16-6-1-2-10-20(16)17/h1-11,19H,12-15H2,(H,24,26)/t19-/m0/s1. The van der Waals surface area contributed by atoms with E-state index >= 15 is 0 Å². The van der Waals surface area contributed by atoms with Crippen LogP contribution in [0.4, 0.5) is 0 Å². The van der Waals surface area contributed by atoms with Crippen molar-refractivity contribution in [3.8, 4) is 0 Å². The fourth-order valence-electron chi connectivity index (χ4n) is 3.60. The van der Waals surface area contributed by atoms with E-state index in [2.05, 4.69) is 34.6 Å². The van der Waals surface area contributed by atoms with Crippen molar-refractivity contribution < 1.29 is 9.59 Å². The summed E-state index contributed by atoms with van der Waals surface area (Å²) < 4.78 is 0. The summed E-state index contributed by atoms with van der Waals surface area (Å²) in [5.74, 6) is -0.0235. The number of aromatic nitrogens is 1. The molecule has 0 bridgehead atoms. The van der Waals surface area contributed by atoms with Crippen molar-refractivity contribution in [1.29, 1.82) is 0 Å². The largest absolute Gasteiger partial charge is 0.351 e. The van der Waals surface area contributed by atoms with E-state index in [1.807, 2.05) is 41.3 Å². The van der Waals surface area contributed by atoms with Crippen LogP contribution in [0.5, 0.6) is 0 Å². The minimum Gasteiger partial charge on any atom is -0.351 e. The van der Waals surface area contributed by atoms with Gasteiger partial charge >= 0.3 is 0 Å². The number of pyridine rings is 1. The van der Waals surface area contributed by atoms with Crippen LogP contribution in [0.15, 0.2) is 66.9 Å². The Hall–Kier alpha value is -3.21. The second-order valence-corrected chi connectivity index (χ2v) is 6.88. The average Bonchev–Trinajstić information content (AvgIpc) is 3.01. The molecule has 0 unspecified atom stereocenters. The molecule has 0 radical (unpaired) electrons. The first-order valence-electron chi connectivity index (χ1n) is 9.13. The molecule has 5 heteroatoms.